The molecule has 0 saturated carbocycles. The quantitative estimate of drug-likeness (QED) is 0.786. The number of carbonyl (C=O) groups is 1. The number of carbonyl (C=O) groups excluding carboxylic acids is 1. The van der Waals surface area contributed by atoms with Crippen molar-refractivity contribution in [3.63, 3.8) is 0 Å². The molecule has 1 saturated heterocycles. The van der Waals surface area contributed by atoms with E-state index in [1.54, 1.807) is 6.33 Å². The van der Waals surface area contributed by atoms with Crippen LogP contribution in [0.25, 0.3) is 0 Å². The van der Waals surface area contributed by atoms with Gasteiger partial charge in [0.05, 0.1) is 6.61 Å². The number of amides is 2. The first-order valence-corrected chi connectivity index (χ1v) is 10.6. The second-order valence-corrected chi connectivity index (χ2v) is 7.70. The van der Waals surface area contributed by atoms with Gasteiger partial charge in [0, 0.05) is 43.9 Å². The van der Waals surface area contributed by atoms with Crippen LogP contribution in [-0.2, 0) is 19.3 Å². The van der Waals surface area contributed by atoms with E-state index in [2.05, 4.69) is 44.6 Å². The number of rotatable bonds is 6. The molecule has 1 atom stereocenters. The van der Waals surface area contributed by atoms with E-state index in [1.165, 1.54) is 11.1 Å². The lowest BCUT2D eigenvalue weighted by molar-refractivity contribution is 0.235. The zero-order valence-corrected chi connectivity index (χ0v) is 17.0. The normalized spacial score (nSPS) is 18.1. The molecule has 1 aromatic heterocycles. The van der Waals surface area contributed by atoms with Crippen molar-refractivity contribution < 1.29 is 9.53 Å². The van der Waals surface area contributed by atoms with Crippen LogP contribution in [0.1, 0.15) is 36.6 Å². The lowest BCUT2D eigenvalue weighted by Gasteiger charge is -2.34. The fourth-order valence-corrected chi connectivity index (χ4v) is 4.01. The Balaban J connectivity index is 1.24. The van der Waals surface area contributed by atoms with Crippen molar-refractivity contribution in [1.82, 2.24) is 20.6 Å². The predicted molar refractivity (Wildman–Crippen MR) is 113 cm³/mol. The third kappa shape index (κ3) is 4.96. The molecule has 0 aliphatic carbocycles. The van der Waals surface area contributed by atoms with E-state index in [0.717, 1.165) is 69.1 Å². The van der Waals surface area contributed by atoms with E-state index in [-0.39, 0.29) is 12.1 Å². The molecule has 1 aromatic carbocycles. The minimum absolute atomic E-state index is 0.0988. The number of nitrogens with zero attached hydrogens (tertiary/aromatic N) is 3. The number of hydrogen-bond donors (Lipinski definition) is 2. The number of hydrogen-bond acceptors (Lipinski definition) is 5. The van der Waals surface area contributed by atoms with Crippen molar-refractivity contribution in [2.75, 3.05) is 31.1 Å². The highest BCUT2D eigenvalue weighted by atomic mass is 16.5. The summed E-state index contributed by atoms with van der Waals surface area (Å²) < 4.78 is 5.54. The van der Waals surface area contributed by atoms with E-state index in [4.69, 9.17) is 4.74 Å². The molecule has 154 valence electrons. The summed E-state index contributed by atoms with van der Waals surface area (Å²) in [5, 5.41) is 6.11. The van der Waals surface area contributed by atoms with Gasteiger partial charge in [0.1, 0.15) is 17.9 Å². The van der Waals surface area contributed by atoms with Gasteiger partial charge < -0.3 is 20.3 Å². The monoisotopic (exact) mass is 395 g/mol. The molecule has 1 fully saturated rings. The molecule has 0 bridgehead atoms. The number of fused-ring (bicyclic) bond motifs is 1. The van der Waals surface area contributed by atoms with Crippen LogP contribution in [0.5, 0.6) is 5.75 Å². The summed E-state index contributed by atoms with van der Waals surface area (Å²) in [6.07, 6.45) is 6.33. The molecule has 0 spiro atoms. The summed E-state index contributed by atoms with van der Waals surface area (Å²) >= 11 is 0. The summed E-state index contributed by atoms with van der Waals surface area (Å²) in [5.74, 6) is 1.94. The van der Waals surface area contributed by atoms with Crippen molar-refractivity contribution in [1.29, 1.82) is 0 Å². The fraction of sp³-hybridized carbons (Fsp3) is 0.500. The summed E-state index contributed by atoms with van der Waals surface area (Å²) in [5.41, 5.74) is 3.54. The molecule has 1 unspecified atom stereocenters. The number of anilines is 1. The highest BCUT2D eigenvalue weighted by Gasteiger charge is 2.22. The first-order chi connectivity index (χ1) is 14.2. The van der Waals surface area contributed by atoms with Crippen molar-refractivity contribution >= 4 is 11.8 Å². The van der Waals surface area contributed by atoms with Crippen molar-refractivity contribution in [3.8, 4) is 5.75 Å². The van der Waals surface area contributed by atoms with Gasteiger partial charge in [-0.2, -0.15) is 0 Å². The molecule has 2 amide bonds. The van der Waals surface area contributed by atoms with Crippen molar-refractivity contribution in [3.05, 3.63) is 47.4 Å². The second kappa shape index (κ2) is 9.11. The van der Waals surface area contributed by atoms with Gasteiger partial charge in [-0.15, -0.1) is 0 Å². The Morgan fingerprint density at radius 3 is 3.14 bits per heavy atom. The number of urea groups is 1. The number of aromatic nitrogens is 2. The summed E-state index contributed by atoms with van der Waals surface area (Å²) in [7, 11) is 0. The van der Waals surface area contributed by atoms with Gasteiger partial charge in [-0.3, -0.25) is 0 Å². The number of benzene rings is 1. The average molecular weight is 396 g/mol. The van der Waals surface area contributed by atoms with E-state index in [1.807, 2.05) is 12.1 Å². The van der Waals surface area contributed by atoms with Crippen LogP contribution in [0.15, 0.2) is 30.6 Å². The number of ether oxygens (including phenoxy) is 1. The predicted octanol–water partition coefficient (Wildman–Crippen LogP) is 2.48. The van der Waals surface area contributed by atoms with E-state index >= 15 is 0 Å². The minimum atomic E-state index is -0.0988. The maximum absolute atomic E-state index is 12.3. The number of nitrogens with one attached hydrogen (secondary N) is 2. The van der Waals surface area contributed by atoms with Crippen LogP contribution in [0, 0.1) is 0 Å². The Hall–Kier alpha value is -2.83. The third-order valence-electron chi connectivity index (χ3n) is 5.61. The maximum Gasteiger partial charge on any atom is 0.315 e. The van der Waals surface area contributed by atoms with Gasteiger partial charge >= 0.3 is 6.03 Å². The second-order valence-electron chi connectivity index (χ2n) is 7.70. The molecule has 2 aromatic rings. The zero-order valence-electron chi connectivity index (χ0n) is 17.0. The zero-order chi connectivity index (χ0) is 20.1. The minimum Gasteiger partial charge on any atom is -0.493 e. The Morgan fingerprint density at radius 1 is 1.31 bits per heavy atom. The Labute approximate surface area is 171 Å². The van der Waals surface area contributed by atoms with Crippen LogP contribution < -0.4 is 20.3 Å². The Kier molecular flexibility index (Phi) is 6.12. The van der Waals surface area contributed by atoms with E-state index in [9.17, 15) is 4.79 Å². The van der Waals surface area contributed by atoms with Crippen molar-refractivity contribution in [2.24, 2.45) is 0 Å². The van der Waals surface area contributed by atoms with Crippen LogP contribution in [-0.4, -0.2) is 48.3 Å². The summed E-state index contributed by atoms with van der Waals surface area (Å²) in [6, 6.07) is 8.37. The van der Waals surface area contributed by atoms with Gasteiger partial charge in [0.15, 0.2) is 0 Å². The molecule has 7 heteroatoms. The third-order valence-corrected chi connectivity index (χ3v) is 5.61. The van der Waals surface area contributed by atoms with E-state index in [0.29, 0.717) is 6.54 Å². The van der Waals surface area contributed by atoms with Crippen LogP contribution >= 0.6 is 0 Å². The highest BCUT2D eigenvalue weighted by Crippen LogP contribution is 2.25. The molecule has 4 rings (SSSR count). The molecule has 2 aliphatic heterocycles. The van der Waals surface area contributed by atoms with Gasteiger partial charge in [-0.25, -0.2) is 14.8 Å². The fourth-order valence-electron chi connectivity index (χ4n) is 4.01. The molecule has 7 nitrogen and oxygen atoms in total. The molecule has 0 radical (unpaired) electrons. The van der Waals surface area contributed by atoms with Crippen LogP contribution in [0.3, 0.4) is 0 Å². The molecule has 2 aliphatic rings. The molecule has 2 N–H and O–H groups in total. The van der Waals surface area contributed by atoms with E-state index < -0.39 is 0 Å². The molecular weight excluding hydrogens is 366 g/mol. The lowest BCUT2D eigenvalue weighted by atomic mass is 10.1. The molecule has 29 heavy (non-hydrogen) atoms. The first-order valence-electron chi connectivity index (χ1n) is 10.6. The SMILES string of the molecule is CCc1cc(N2CCCC(NC(=O)NCCc3ccc4c(c3)CCO4)C2)ncn1. The standard InChI is InChI=1S/C22H29N5O2/c1-2-18-13-21(25-15-24-18)27-10-3-4-19(14-27)26-22(28)23-9-7-16-5-6-20-17(12-16)8-11-29-20/h5-6,12-13,15,19H,2-4,7-11,14H2,1H3,(H2,23,26,28). The Morgan fingerprint density at radius 2 is 2.24 bits per heavy atom. The van der Waals surface area contributed by atoms with Crippen LogP contribution in [0.4, 0.5) is 10.6 Å². The number of piperidine rings is 1. The molecule has 3 heterocycles. The lowest BCUT2D eigenvalue weighted by Crippen LogP contribution is -2.51. The summed E-state index contributed by atoms with van der Waals surface area (Å²) in [6.45, 7) is 5.22. The summed E-state index contributed by atoms with van der Waals surface area (Å²) in [4.78, 5) is 23.3. The maximum atomic E-state index is 12.3. The molecular formula is C22H29N5O2. The smallest absolute Gasteiger partial charge is 0.315 e. The Bertz CT molecular complexity index is 857. The van der Waals surface area contributed by atoms with Gasteiger partial charge in [0.2, 0.25) is 0 Å². The van der Waals surface area contributed by atoms with Gasteiger partial charge in [-0.1, -0.05) is 19.1 Å². The van der Waals surface area contributed by atoms with Crippen LogP contribution in [0.2, 0.25) is 0 Å². The van der Waals surface area contributed by atoms with Crippen molar-refractivity contribution in [2.45, 2.75) is 45.1 Å². The van der Waals surface area contributed by atoms with Gasteiger partial charge in [0.25, 0.3) is 0 Å². The average Bonchev–Trinajstić information content (AvgIpc) is 3.22. The highest BCUT2D eigenvalue weighted by molar-refractivity contribution is 5.74. The first kappa shape index (κ1) is 19.5. The largest absolute Gasteiger partial charge is 0.493 e. The topological polar surface area (TPSA) is 79.4 Å². The van der Waals surface area contributed by atoms with Gasteiger partial charge in [-0.05, 0) is 42.9 Å². The number of aryl methyl sites for hydroxylation is 1.